The third-order valence-corrected chi connectivity index (χ3v) is 8.70. The maximum absolute atomic E-state index is 10.5. The first-order valence-electron chi connectivity index (χ1n) is 8.80. The fourth-order valence-corrected chi connectivity index (χ4v) is 7.31. The second-order valence-electron chi connectivity index (χ2n) is 6.79. The summed E-state index contributed by atoms with van der Waals surface area (Å²) in [6, 6.07) is 10.5. The SMILES string of the molecule is CNS1(C(c2ccccc2)C(C)O)C=CC(C2CCCCC2)=C1. The molecule has 1 aromatic carbocycles. The summed E-state index contributed by atoms with van der Waals surface area (Å²) in [4.78, 5) is 0. The lowest BCUT2D eigenvalue weighted by Gasteiger charge is -2.42. The standard InChI is InChI=1S/C20H29NOS/c1-16(22)20(18-11-7-4-8-12-18)23(21-2)14-13-19(15-23)17-9-5-3-6-10-17/h4,7-8,11-17,20-22H,3,5-6,9-10H2,1-2H3. The van der Waals surface area contributed by atoms with Gasteiger partial charge in [0.15, 0.2) is 0 Å². The van der Waals surface area contributed by atoms with E-state index in [0.717, 1.165) is 0 Å². The van der Waals surface area contributed by atoms with E-state index in [4.69, 9.17) is 0 Å². The van der Waals surface area contributed by atoms with Crippen molar-refractivity contribution in [3.63, 3.8) is 0 Å². The highest BCUT2D eigenvalue weighted by Gasteiger charge is 2.36. The summed E-state index contributed by atoms with van der Waals surface area (Å²) in [5.41, 5.74) is 2.72. The number of aliphatic hydroxyl groups excluding tert-OH is 1. The molecule has 0 spiro atoms. The molecule has 0 bridgehead atoms. The fraction of sp³-hybridized carbons (Fsp3) is 0.500. The van der Waals surface area contributed by atoms with Crippen LogP contribution >= 0.6 is 10.2 Å². The number of rotatable bonds is 5. The highest BCUT2D eigenvalue weighted by molar-refractivity contribution is 8.37. The van der Waals surface area contributed by atoms with E-state index in [1.54, 1.807) is 0 Å². The van der Waals surface area contributed by atoms with E-state index in [-0.39, 0.29) is 11.4 Å². The van der Waals surface area contributed by atoms with Gasteiger partial charge in [-0.15, -0.1) is 10.2 Å². The van der Waals surface area contributed by atoms with Gasteiger partial charge in [-0.1, -0.05) is 55.7 Å². The van der Waals surface area contributed by atoms with Gasteiger partial charge in [-0.05, 0) is 54.7 Å². The van der Waals surface area contributed by atoms with Crippen LogP contribution in [0.4, 0.5) is 0 Å². The molecule has 3 heteroatoms. The first kappa shape index (κ1) is 16.8. The van der Waals surface area contributed by atoms with Crippen molar-refractivity contribution in [2.75, 3.05) is 7.05 Å². The molecule has 2 aliphatic rings. The van der Waals surface area contributed by atoms with Crippen molar-refractivity contribution >= 4 is 10.2 Å². The topological polar surface area (TPSA) is 32.3 Å². The molecule has 3 rings (SSSR count). The zero-order valence-electron chi connectivity index (χ0n) is 14.2. The first-order chi connectivity index (χ1) is 11.2. The summed E-state index contributed by atoms with van der Waals surface area (Å²) in [5, 5.41) is 15.5. The minimum absolute atomic E-state index is 0.103. The van der Waals surface area contributed by atoms with Crippen molar-refractivity contribution in [2.24, 2.45) is 5.92 Å². The highest BCUT2D eigenvalue weighted by Crippen LogP contribution is 2.64. The number of allylic oxidation sites excluding steroid dienone is 2. The van der Waals surface area contributed by atoms with Crippen LogP contribution in [0.3, 0.4) is 0 Å². The lowest BCUT2D eigenvalue weighted by Crippen LogP contribution is -2.26. The third-order valence-electron chi connectivity index (χ3n) is 5.23. The van der Waals surface area contributed by atoms with Crippen molar-refractivity contribution < 1.29 is 5.11 Å². The molecule has 1 saturated carbocycles. The van der Waals surface area contributed by atoms with Crippen molar-refractivity contribution in [3.8, 4) is 0 Å². The van der Waals surface area contributed by atoms with E-state index >= 15 is 0 Å². The van der Waals surface area contributed by atoms with Crippen molar-refractivity contribution in [3.05, 3.63) is 58.4 Å². The monoisotopic (exact) mass is 331 g/mol. The number of hydrogen-bond acceptors (Lipinski definition) is 2. The lowest BCUT2D eigenvalue weighted by molar-refractivity contribution is 0.191. The van der Waals surface area contributed by atoms with E-state index in [2.05, 4.69) is 45.9 Å². The zero-order chi connectivity index (χ0) is 16.3. The summed E-state index contributed by atoms with van der Waals surface area (Å²) in [7, 11) is 0.707. The Kier molecular flexibility index (Phi) is 5.30. The fourth-order valence-electron chi connectivity index (χ4n) is 4.05. The Bertz CT molecular complexity index is 575. The van der Waals surface area contributed by atoms with Gasteiger partial charge in [0, 0.05) is 0 Å². The van der Waals surface area contributed by atoms with Crippen LogP contribution in [0.1, 0.15) is 49.8 Å². The van der Waals surface area contributed by atoms with Crippen LogP contribution in [-0.4, -0.2) is 18.3 Å². The largest absolute Gasteiger partial charge is 0.392 e. The van der Waals surface area contributed by atoms with Gasteiger partial charge in [0.05, 0.1) is 11.4 Å². The number of hydrogen-bond donors (Lipinski definition) is 2. The average Bonchev–Trinajstić information content (AvgIpc) is 3.02. The molecule has 2 nitrogen and oxygen atoms in total. The second-order valence-corrected chi connectivity index (χ2v) is 9.74. The minimum Gasteiger partial charge on any atom is -0.392 e. The summed E-state index contributed by atoms with van der Waals surface area (Å²) >= 11 is 0. The summed E-state index contributed by atoms with van der Waals surface area (Å²) in [6.45, 7) is 1.92. The minimum atomic E-state index is -1.33. The number of nitrogens with one attached hydrogen (secondary N) is 1. The molecule has 0 aromatic heterocycles. The molecular weight excluding hydrogens is 302 g/mol. The van der Waals surface area contributed by atoms with E-state index in [0.29, 0.717) is 5.92 Å². The van der Waals surface area contributed by atoms with E-state index in [1.807, 2.05) is 20.0 Å². The smallest absolute Gasteiger partial charge is 0.0674 e. The zero-order valence-corrected chi connectivity index (χ0v) is 15.1. The molecule has 3 unspecified atom stereocenters. The van der Waals surface area contributed by atoms with Crippen molar-refractivity contribution in [1.82, 2.24) is 4.72 Å². The van der Waals surface area contributed by atoms with Crippen molar-refractivity contribution in [2.45, 2.75) is 50.4 Å². The molecule has 0 saturated heterocycles. The summed E-state index contributed by atoms with van der Waals surface area (Å²) < 4.78 is 3.59. The summed E-state index contributed by atoms with van der Waals surface area (Å²) in [6.07, 6.45) is 8.69. The Morgan fingerprint density at radius 2 is 1.83 bits per heavy atom. The van der Waals surface area contributed by atoms with Gasteiger partial charge >= 0.3 is 0 Å². The Morgan fingerprint density at radius 1 is 1.13 bits per heavy atom. The van der Waals surface area contributed by atoms with Gasteiger partial charge in [0.2, 0.25) is 0 Å². The van der Waals surface area contributed by atoms with Gasteiger partial charge in [-0.25, -0.2) is 0 Å². The molecule has 2 N–H and O–H groups in total. The predicted molar refractivity (Wildman–Crippen MR) is 101 cm³/mol. The molecule has 3 atom stereocenters. The lowest BCUT2D eigenvalue weighted by atomic mass is 9.84. The van der Waals surface area contributed by atoms with Crippen LogP contribution < -0.4 is 4.72 Å². The molecule has 23 heavy (non-hydrogen) atoms. The molecule has 1 heterocycles. The van der Waals surface area contributed by atoms with Crippen LogP contribution in [0.2, 0.25) is 0 Å². The Morgan fingerprint density at radius 3 is 2.43 bits per heavy atom. The maximum atomic E-state index is 10.5. The Balaban J connectivity index is 1.93. The van der Waals surface area contributed by atoms with Crippen LogP contribution in [0, 0.1) is 5.92 Å². The van der Waals surface area contributed by atoms with Crippen LogP contribution in [0.5, 0.6) is 0 Å². The van der Waals surface area contributed by atoms with E-state index in [9.17, 15) is 5.11 Å². The first-order valence-corrected chi connectivity index (χ1v) is 10.6. The van der Waals surface area contributed by atoms with Gasteiger partial charge < -0.3 is 5.11 Å². The van der Waals surface area contributed by atoms with Gasteiger partial charge in [-0.3, -0.25) is 4.72 Å². The van der Waals surface area contributed by atoms with Gasteiger partial charge in [-0.2, -0.15) is 0 Å². The van der Waals surface area contributed by atoms with Gasteiger partial charge in [0.1, 0.15) is 0 Å². The molecule has 0 radical (unpaired) electrons. The average molecular weight is 332 g/mol. The molecule has 1 aliphatic carbocycles. The number of benzene rings is 1. The van der Waals surface area contributed by atoms with E-state index in [1.165, 1.54) is 43.2 Å². The van der Waals surface area contributed by atoms with E-state index < -0.39 is 10.2 Å². The molecule has 0 amide bonds. The van der Waals surface area contributed by atoms with Crippen molar-refractivity contribution in [1.29, 1.82) is 0 Å². The number of aliphatic hydroxyl groups is 1. The normalized spacial score (nSPS) is 30.5. The van der Waals surface area contributed by atoms with Crippen LogP contribution in [-0.2, 0) is 0 Å². The Hall–Kier alpha value is -1.03. The summed E-state index contributed by atoms with van der Waals surface area (Å²) in [5.74, 6) is 0.716. The maximum Gasteiger partial charge on any atom is 0.0674 e. The molecule has 1 aromatic rings. The van der Waals surface area contributed by atoms with Crippen LogP contribution in [0.25, 0.3) is 0 Å². The highest BCUT2D eigenvalue weighted by atomic mass is 32.3. The second kappa shape index (κ2) is 7.25. The molecule has 1 fully saturated rings. The van der Waals surface area contributed by atoms with Crippen LogP contribution in [0.15, 0.2) is 52.8 Å². The molecular formula is C20H29NOS. The van der Waals surface area contributed by atoms with Gasteiger partial charge in [0.25, 0.3) is 0 Å². The predicted octanol–water partition coefficient (Wildman–Crippen LogP) is 5.04. The third kappa shape index (κ3) is 3.42. The molecule has 1 aliphatic heterocycles. The Labute approximate surface area is 142 Å². The molecule has 126 valence electrons. The quantitative estimate of drug-likeness (QED) is 0.792.